The van der Waals surface area contributed by atoms with Gasteiger partial charge in [-0.1, -0.05) is 31.6 Å². The van der Waals surface area contributed by atoms with Gasteiger partial charge in [0.25, 0.3) is 0 Å². The molecule has 0 bridgehead atoms. The molecule has 1 heterocycles. The zero-order chi connectivity index (χ0) is 11.8. The fourth-order valence-corrected chi connectivity index (χ4v) is 1.49. The minimum Gasteiger partial charge on any atom is -0.380 e. The molecule has 0 aliphatic carbocycles. The van der Waals surface area contributed by atoms with Crippen LogP contribution in [-0.4, -0.2) is 23.6 Å². The summed E-state index contributed by atoms with van der Waals surface area (Å²) in [6, 6.07) is 5.76. The van der Waals surface area contributed by atoms with Gasteiger partial charge in [-0.15, -0.1) is 0 Å². The molecule has 0 aromatic carbocycles. The van der Waals surface area contributed by atoms with Crippen LogP contribution in [0.25, 0.3) is 0 Å². The molecule has 0 aliphatic heterocycles. The number of ether oxygens (including phenoxy) is 1. The lowest BCUT2D eigenvalue weighted by molar-refractivity contribution is 0.0926. The molecule has 0 aliphatic rings. The molecular formula is C12H18N2OS. The lowest BCUT2D eigenvalue weighted by Gasteiger charge is -2.18. The molecule has 1 aromatic rings. The Morgan fingerprint density at radius 1 is 1.56 bits per heavy atom. The lowest BCUT2D eigenvalue weighted by Crippen LogP contribution is -2.26. The minimum atomic E-state index is -0.229. The number of likely N-dealkylation sites (N-methyl/N-ethyl adjacent to an activating group) is 1. The van der Waals surface area contributed by atoms with Crippen LogP contribution in [0.3, 0.4) is 0 Å². The summed E-state index contributed by atoms with van der Waals surface area (Å²) >= 11 is 5.23. The van der Waals surface area contributed by atoms with Crippen LogP contribution in [-0.2, 0) is 4.74 Å². The fraction of sp³-hybridized carbons (Fsp3) is 0.500. The molecule has 1 aromatic heterocycles. The summed E-state index contributed by atoms with van der Waals surface area (Å²) in [5, 5.41) is 2.96. The van der Waals surface area contributed by atoms with Crippen LogP contribution < -0.4 is 5.32 Å². The minimum absolute atomic E-state index is 0.229. The first-order chi connectivity index (χ1) is 7.79. The van der Waals surface area contributed by atoms with E-state index in [1.807, 2.05) is 18.2 Å². The van der Waals surface area contributed by atoms with E-state index in [4.69, 9.17) is 17.0 Å². The van der Waals surface area contributed by atoms with E-state index in [1.165, 1.54) is 0 Å². The predicted octanol–water partition coefficient (Wildman–Crippen LogP) is 2.49. The van der Waals surface area contributed by atoms with Crippen molar-refractivity contribution in [2.45, 2.75) is 25.9 Å². The zero-order valence-corrected chi connectivity index (χ0v) is 10.6. The second-order valence-corrected chi connectivity index (χ2v) is 3.91. The maximum Gasteiger partial charge on any atom is 0.149 e. The number of aromatic nitrogens is 1. The molecule has 16 heavy (non-hydrogen) atoms. The number of pyridine rings is 1. The van der Waals surface area contributed by atoms with Crippen molar-refractivity contribution in [2.75, 3.05) is 13.7 Å². The smallest absolute Gasteiger partial charge is 0.149 e. The number of hydrogen-bond acceptors (Lipinski definition) is 3. The second-order valence-electron chi connectivity index (χ2n) is 3.47. The van der Waals surface area contributed by atoms with E-state index in [-0.39, 0.29) is 6.10 Å². The molecule has 1 unspecified atom stereocenters. The highest BCUT2D eigenvalue weighted by atomic mass is 32.1. The van der Waals surface area contributed by atoms with Crippen LogP contribution in [0.2, 0.25) is 0 Å². The van der Waals surface area contributed by atoms with Crippen LogP contribution in [0.1, 0.15) is 31.6 Å². The molecule has 0 saturated heterocycles. The van der Waals surface area contributed by atoms with E-state index >= 15 is 0 Å². The summed E-state index contributed by atoms with van der Waals surface area (Å²) in [6.07, 6.45) is 3.67. The summed E-state index contributed by atoms with van der Waals surface area (Å²) in [5.41, 5.74) is 0.859. The first-order valence-corrected chi connectivity index (χ1v) is 5.94. The maximum atomic E-state index is 5.76. The van der Waals surface area contributed by atoms with Crippen LogP contribution in [0.5, 0.6) is 0 Å². The standard InChI is InChI=1S/C12H18N2OS/c1-3-4-9-15-11(12(16)13-2)10-7-5-6-8-14-10/h5-8,11H,3-4,9H2,1-2H3,(H,13,16). The molecular weight excluding hydrogens is 220 g/mol. The van der Waals surface area contributed by atoms with Gasteiger partial charge < -0.3 is 10.1 Å². The van der Waals surface area contributed by atoms with Crippen molar-refractivity contribution in [3.63, 3.8) is 0 Å². The third kappa shape index (κ3) is 3.87. The maximum absolute atomic E-state index is 5.76. The van der Waals surface area contributed by atoms with E-state index in [0.717, 1.165) is 18.5 Å². The molecule has 1 rings (SSSR count). The quantitative estimate of drug-likeness (QED) is 0.610. The molecule has 0 fully saturated rings. The van der Waals surface area contributed by atoms with E-state index in [1.54, 1.807) is 13.2 Å². The number of nitrogens with one attached hydrogen (secondary N) is 1. The van der Waals surface area contributed by atoms with Gasteiger partial charge in [0.05, 0.1) is 5.69 Å². The van der Waals surface area contributed by atoms with E-state index < -0.39 is 0 Å². The largest absolute Gasteiger partial charge is 0.380 e. The molecule has 3 nitrogen and oxygen atoms in total. The molecule has 0 amide bonds. The van der Waals surface area contributed by atoms with Crippen molar-refractivity contribution in [1.82, 2.24) is 10.3 Å². The molecule has 1 atom stereocenters. The van der Waals surface area contributed by atoms with Crippen molar-refractivity contribution < 1.29 is 4.74 Å². The van der Waals surface area contributed by atoms with Crippen molar-refractivity contribution >= 4 is 17.2 Å². The Morgan fingerprint density at radius 3 is 2.94 bits per heavy atom. The first kappa shape index (κ1) is 13.1. The van der Waals surface area contributed by atoms with Gasteiger partial charge in [-0.05, 0) is 18.6 Å². The van der Waals surface area contributed by atoms with E-state index in [9.17, 15) is 0 Å². The van der Waals surface area contributed by atoms with Crippen molar-refractivity contribution in [1.29, 1.82) is 0 Å². The van der Waals surface area contributed by atoms with Gasteiger partial charge in [-0.25, -0.2) is 0 Å². The molecule has 0 saturated carbocycles. The number of thiocarbonyl (C=S) groups is 1. The Balaban J connectivity index is 2.68. The van der Waals surface area contributed by atoms with Crippen LogP contribution >= 0.6 is 12.2 Å². The summed E-state index contributed by atoms with van der Waals surface area (Å²) < 4.78 is 5.76. The van der Waals surface area contributed by atoms with Crippen molar-refractivity contribution in [3.05, 3.63) is 30.1 Å². The number of nitrogens with zero attached hydrogens (tertiary/aromatic N) is 1. The zero-order valence-electron chi connectivity index (χ0n) is 9.77. The highest BCUT2D eigenvalue weighted by Gasteiger charge is 2.17. The molecule has 88 valence electrons. The SMILES string of the molecule is CCCCOC(C(=S)NC)c1ccccn1. The normalized spacial score (nSPS) is 12.1. The summed E-state index contributed by atoms with van der Waals surface area (Å²) in [7, 11) is 1.81. The predicted molar refractivity (Wildman–Crippen MR) is 69.5 cm³/mol. The topological polar surface area (TPSA) is 34.1 Å². The highest BCUT2D eigenvalue weighted by molar-refractivity contribution is 7.80. The Hall–Kier alpha value is -1.00. The summed E-state index contributed by atoms with van der Waals surface area (Å²) in [5.74, 6) is 0. The van der Waals surface area contributed by atoms with Gasteiger partial charge in [0.1, 0.15) is 11.1 Å². The van der Waals surface area contributed by atoms with Gasteiger partial charge in [-0.2, -0.15) is 0 Å². The highest BCUT2D eigenvalue weighted by Crippen LogP contribution is 2.16. The van der Waals surface area contributed by atoms with Gasteiger partial charge in [0, 0.05) is 19.9 Å². The Bertz CT molecular complexity index is 316. The monoisotopic (exact) mass is 238 g/mol. The average Bonchev–Trinajstić information content (AvgIpc) is 2.35. The van der Waals surface area contributed by atoms with E-state index in [0.29, 0.717) is 11.6 Å². The number of rotatable bonds is 6. The Labute approximate surface area is 102 Å². The van der Waals surface area contributed by atoms with Crippen LogP contribution in [0.15, 0.2) is 24.4 Å². The molecule has 0 spiro atoms. The molecule has 4 heteroatoms. The van der Waals surface area contributed by atoms with Gasteiger partial charge in [0.15, 0.2) is 0 Å². The third-order valence-corrected chi connectivity index (χ3v) is 2.64. The van der Waals surface area contributed by atoms with Gasteiger partial charge in [-0.3, -0.25) is 4.98 Å². The lowest BCUT2D eigenvalue weighted by atomic mass is 10.2. The van der Waals surface area contributed by atoms with Crippen LogP contribution in [0.4, 0.5) is 0 Å². The molecule has 0 radical (unpaired) electrons. The van der Waals surface area contributed by atoms with Gasteiger partial charge in [0.2, 0.25) is 0 Å². The average molecular weight is 238 g/mol. The van der Waals surface area contributed by atoms with Crippen LogP contribution in [0, 0.1) is 0 Å². The van der Waals surface area contributed by atoms with Crippen molar-refractivity contribution in [2.24, 2.45) is 0 Å². The fourth-order valence-electron chi connectivity index (χ4n) is 1.30. The molecule has 1 N–H and O–H groups in total. The third-order valence-electron chi connectivity index (χ3n) is 2.22. The Morgan fingerprint density at radius 2 is 2.38 bits per heavy atom. The van der Waals surface area contributed by atoms with Gasteiger partial charge >= 0.3 is 0 Å². The summed E-state index contributed by atoms with van der Waals surface area (Å²) in [6.45, 7) is 2.84. The van der Waals surface area contributed by atoms with Crippen molar-refractivity contribution in [3.8, 4) is 0 Å². The number of unbranched alkanes of at least 4 members (excludes halogenated alkanes) is 1. The number of hydrogen-bond donors (Lipinski definition) is 1. The van der Waals surface area contributed by atoms with E-state index in [2.05, 4.69) is 17.2 Å². The summed E-state index contributed by atoms with van der Waals surface area (Å²) in [4.78, 5) is 4.95. The second kappa shape index (κ2) is 7.30. The Kier molecular flexibility index (Phi) is 5.96. The first-order valence-electron chi connectivity index (χ1n) is 5.53.